The van der Waals surface area contributed by atoms with Crippen LogP contribution in [-0.4, -0.2) is 34.3 Å². The number of aliphatic imine (C=N–C) groups is 1. The van der Waals surface area contributed by atoms with Gasteiger partial charge in [0.15, 0.2) is 11.3 Å². The lowest BCUT2D eigenvalue weighted by atomic mass is 9.83. The first-order valence-electron chi connectivity index (χ1n) is 10.5. The number of nitrogens with two attached hydrogens (primary N) is 1. The zero-order valence-electron chi connectivity index (χ0n) is 17.7. The maximum absolute atomic E-state index is 14.8. The van der Waals surface area contributed by atoms with Crippen LogP contribution in [0.4, 0.5) is 13.2 Å². The van der Waals surface area contributed by atoms with Gasteiger partial charge in [0.1, 0.15) is 35.0 Å². The molecule has 3 atom stereocenters. The highest BCUT2D eigenvalue weighted by Crippen LogP contribution is 2.56. The number of hydrogen-bond acceptors (Lipinski definition) is 8. The number of amidine groups is 1. The van der Waals surface area contributed by atoms with Crippen LogP contribution < -0.4 is 10.5 Å². The lowest BCUT2D eigenvalue weighted by Gasteiger charge is -2.33. The first-order chi connectivity index (χ1) is 16.4. The highest BCUT2D eigenvalue weighted by Gasteiger charge is 2.64. The van der Waals surface area contributed by atoms with Gasteiger partial charge in [0.05, 0.1) is 6.20 Å². The molecule has 0 radical (unpaired) electrons. The van der Waals surface area contributed by atoms with Crippen molar-refractivity contribution in [3.63, 3.8) is 0 Å². The van der Waals surface area contributed by atoms with Crippen molar-refractivity contribution in [1.29, 1.82) is 0 Å². The highest BCUT2D eigenvalue weighted by molar-refractivity contribution is 7.09. The molecule has 176 valence electrons. The Kier molecular flexibility index (Phi) is 5.72. The molecular formula is C23H19F3N4O3S. The van der Waals surface area contributed by atoms with Crippen molar-refractivity contribution >= 4 is 23.1 Å². The van der Waals surface area contributed by atoms with E-state index in [0.29, 0.717) is 17.7 Å². The topological polar surface area (TPSA) is 99.7 Å². The summed E-state index contributed by atoms with van der Waals surface area (Å²) in [5.41, 5.74) is 3.72. The Bertz CT molecular complexity index is 1240. The van der Waals surface area contributed by atoms with Crippen LogP contribution in [0.1, 0.15) is 33.0 Å². The van der Waals surface area contributed by atoms with E-state index in [-0.39, 0.29) is 36.1 Å². The lowest BCUT2D eigenvalue weighted by molar-refractivity contribution is 0.0176. The number of fused-ring (bicyclic) bond motifs is 1. The normalized spacial score (nSPS) is 23.1. The van der Waals surface area contributed by atoms with Gasteiger partial charge in [-0.25, -0.2) is 28.1 Å². The van der Waals surface area contributed by atoms with Gasteiger partial charge in [0.2, 0.25) is 0 Å². The van der Waals surface area contributed by atoms with Gasteiger partial charge >= 0.3 is 0 Å². The zero-order chi connectivity index (χ0) is 23.9. The number of alkyl halides is 2. The summed E-state index contributed by atoms with van der Waals surface area (Å²) in [5.74, 6) is -1.39. The molecule has 0 bridgehead atoms. The quantitative estimate of drug-likeness (QED) is 0.483. The van der Waals surface area contributed by atoms with E-state index in [1.807, 2.05) is 5.38 Å². The van der Waals surface area contributed by atoms with Crippen molar-refractivity contribution in [2.75, 3.05) is 0 Å². The SMILES string of the molecule is NC1=N[C@@](c2cc(CC(=O)c3ccc(OCc4nccs4)cn3)ccc2F)(C(F)F)[C@H]2C[C@H]2O1. The Morgan fingerprint density at radius 1 is 1.29 bits per heavy atom. The van der Waals surface area contributed by atoms with Crippen LogP contribution >= 0.6 is 11.3 Å². The second-order valence-electron chi connectivity index (χ2n) is 8.08. The minimum atomic E-state index is -3.00. The number of halogens is 3. The van der Waals surface area contributed by atoms with Gasteiger partial charge in [-0.1, -0.05) is 6.07 Å². The molecule has 2 N–H and O–H groups in total. The number of carbonyl (C=O) groups excluding carboxylic acids is 1. The molecule has 11 heteroatoms. The van der Waals surface area contributed by atoms with Crippen molar-refractivity contribution < 1.29 is 27.4 Å². The Morgan fingerprint density at radius 3 is 2.85 bits per heavy atom. The summed E-state index contributed by atoms with van der Waals surface area (Å²) in [7, 11) is 0. The van der Waals surface area contributed by atoms with Crippen LogP contribution in [0.5, 0.6) is 5.75 Å². The van der Waals surface area contributed by atoms with Gasteiger partial charge < -0.3 is 15.2 Å². The summed E-state index contributed by atoms with van der Waals surface area (Å²) in [5, 5.41) is 2.65. The molecular weight excluding hydrogens is 469 g/mol. The lowest BCUT2D eigenvalue weighted by Crippen LogP contribution is -2.43. The highest BCUT2D eigenvalue weighted by atomic mass is 32.1. The molecule has 1 saturated carbocycles. The minimum Gasteiger partial charge on any atom is -0.485 e. The monoisotopic (exact) mass is 488 g/mol. The van der Waals surface area contributed by atoms with E-state index in [1.54, 1.807) is 12.3 Å². The van der Waals surface area contributed by atoms with E-state index in [1.165, 1.54) is 35.7 Å². The standard InChI is InChI=1S/C23H19F3N4O3S/c24-16-3-1-12(7-14(16)23(21(25)26)15-9-19(15)33-22(27)30-23)8-18(31)17-4-2-13(10-29-17)32-11-20-28-5-6-34-20/h1-7,10,15,19,21H,8-9,11H2,(H2,27,30)/t15-,19+,23+/m0/s1. The second kappa shape index (κ2) is 8.71. The molecule has 1 aliphatic carbocycles. The number of ketones is 1. The van der Waals surface area contributed by atoms with E-state index in [2.05, 4.69) is 15.0 Å². The molecule has 1 aromatic carbocycles. The molecule has 1 aliphatic heterocycles. The number of hydrogen-bond donors (Lipinski definition) is 1. The summed E-state index contributed by atoms with van der Waals surface area (Å²) in [6, 6.07) is 6.47. The van der Waals surface area contributed by atoms with Crippen LogP contribution in [0.15, 0.2) is 53.1 Å². The van der Waals surface area contributed by atoms with Crippen LogP contribution in [-0.2, 0) is 23.3 Å². The Labute approximate surface area is 196 Å². The number of pyridine rings is 1. The number of ether oxygens (including phenoxy) is 2. The van der Waals surface area contributed by atoms with Crippen molar-refractivity contribution in [3.05, 3.63) is 75.8 Å². The minimum absolute atomic E-state index is 0.150. The molecule has 0 unspecified atom stereocenters. The molecule has 0 spiro atoms. The second-order valence-corrected chi connectivity index (χ2v) is 9.06. The number of rotatable bonds is 8. The summed E-state index contributed by atoms with van der Waals surface area (Å²) < 4.78 is 54.1. The van der Waals surface area contributed by atoms with E-state index in [4.69, 9.17) is 15.2 Å². The van der Waals surface area contributed by atoms with E-state index >= 15 is 0 Å². The largest absolute Gasteiger partial charge is 0.485 e. The number of nitrogens with zero attached hydrogens (tertiary/aromatic N) is 3. The van der Waals surface area contributed by atoms with Gasteiger partial charge in [-0.15, -0.1) is 11.3 Å². The molecule has 2 aliphatic rings. The Hall–Kier alpha value is -3.47. The van der Waals surface area contributed by atoms with Gasteiger partial charge in [0.25, 0.3) is 12.4 Å². The van der Waals surface area contributed by atoms with Crippen LogP contribution in [0.2, 0.25) is 0 Å². The Balaban J connectivity index is 1.34. The smallest absolute Gasteiger partial charge is 0.283 e. The third-order valence-corrected chi connectivity index (χ3v) is 6.65. The van der Waals surface area contributed by atoms with Gasteiger partial charge in [-0.05, 0) is 36.2 Å². The molecule has 3 heterocycles. The molecule has 34 heavy (non-hydrogen) atoms. The number of thiazole rings is 1. The maximum Gasteiger partial charge on any atom is 0.283 e. The summed E-state index contributed by atoms with van der Waals surface area (Å²) in [4.78, 5) is 24.9. The molecule has 0 saturated heterocycles. The fourth-order valence-corrected chi connectivity index (χ4v) is 4.69. The van der Waals surface area contributed by atoms with Crippen molar-refractivity contribution in [3.8, 4) is 5.75 Å². The first kappa shape index (κ1) is 22.3. The fourth-order valence-electron chi connectivity index (χ4n) is 4.17. The average molecular weight is 488 g/mol. The van der Waals surface area contributed by atoms with Gasteiger partial charge in [0, 0.05) is 29.5 Å². The average Bonchev–Trinajstić information content (AvgIpc) is 3.41. The van der Waals surface area contributed by atoms with Gasteiger partial charge in [-0.2, -0.15) is 0 Å². The summed E-state index contributed by atoms with van der Waals surface area (Å²) >= 11 is 1.46. The summed E-state index contributed by atoms with van der Waals surface area (Å²) in [6.07, 6.45) is -0.253. The van der Waals surface area contributed by atoms with Crippen molar-refractivity contribution in [1.82, 2.24) is 9.97 Å². The van der Waals surface area contributed by atoms with E-state index < -0.39 is 29.8 Å². The van der Waals surface area contributed by atoms with Crippen LogP contribution in [0, 0.1) is 11.7 Å². The van der Waals surface area contributed by atoms with Gasteiger partial charge in [-0.3, -0.25) is 4.79 Å². The number of aromatic nitrogens is 2. The van der Waals surface area contributed by atoms with Crippen LogP contribution in [0.25, 0.3) is 0 Å². The third kappa shape index (κ3) is 4.11. The number of carbonyl (C=O) groups is 1. The Morgan fingerprint density at radius 2 is 2.15 bits per heavy atom. The fraction of sp³-hybridized carbons (Fsp3) is 0.304. The van der Waals surface area contributed by atoms with E-state index in [9.17, 15) is 18.0 Å². The molecule has 2 aromatic heterocycles. The van der Waals surface area contributed by atoms with Crippen LogP contribution in [0.3, 0.4) is 0 Å². The number of benzene rings is 1. The number of Topliss-reactive ketones (excluding diaryl/α,β-unsaturated/α-hetero) is 1. The predicted molar refractivity (Wildman–Crippen MR) is 117 cm³/mol. The molecule has 0 amide bonds. The zero-order valence-corrected chi connectivity index (χ0v) is 18.5. The third-order valence-electron chi connectivity index (χ3n) is 5.89. The van der Waals surface area contributed by atoms with Crippen molar-refractivity contribution in [2.45, 2.75) is 37.5 Å². The molecule has 1 fully saturated rings. The molecule has 5 rings (SSSR count). The first-order valence-corrected chi connectivity index (χ1v) is 11.3. The van der Waals surface area contributed by atoms with E-state index in [0.717, 1.165) is 11.1 Å². The molecule has 7 nitrogen and oxygen atoms in total. The maximum atomic E-state index is 14.8. The summed E-state index contributed by atoms with van der Waals surface area (Å²) in [6.45, 7) is 0.288. The molecule has 3 aromatic rings. The predicted octanol–water partition coefficient (Wildman–Crippen LogP) is 3.88. The van der Waals surface area contributed by atoms with Crippen molar-refractivity contribution in [2.24, 2.45) is 16.6 Å².